The minimum atomic E-state index is 0.776. The predicted molar refractivity (Wildman–Crippen MR) is 169 cm³/mol. The molecule has 0 fully saturated rings. The normalized spacial score (nSPS) is 11.4. The Morgan fingerprint density at radius 1 is 0.488 bits per heavy atom. The molecule has 2 heterocycles. The van der Waals surface area contributed by atoms with Crippen LogP contribution in [0.3, 0.4) is 0 Å². The molecule has 8 rings (SSSR count). The van der Waals surface area contributed by atoms with E-state index in [2.05, 4.69) is 132 Å². The highest BCUT2D eigenvalue weighted by Gasteiger charge is 2.19. The quantitative estimate of drug-likeness (QED) is 0.230. The lowest BCUT2D eigenvalue weighted by atomic mass is 9.86. The summed E-state index contributed by atoms with van der Waals surface area (Å²) >= 11 is 0. The smallest absolute Gasteiger partial charge is 0.182 e. The fourth-order valence-electron chi connectivity index (χ4n) is 5.98. The molecule has 6 aromatic carbocycles. The molecule has 0 bridgehead atoms. The molecule has 0 unspecified atom stereocenters. The lowest BCUT2D eigenvalue weighted by molar-refractivity contribution is 0.602. The van der Waals surface area contributed by atoms with Gasteiger partial charge in [0.05, 0.1) is 11.2 Å². The Bertz CT molecular complexity index is 2210. The lowest BCUT2D eigenvalue weighted by Gasteiger charge is -2.18. The standard InChI is InChI=1S/C38H24N2O/c1-2-11-25(12-3-1)33-23-35(40-34-19-9-8-16-29(33)34)28-15-6-7-17-30(28)37-27-14-5-4-13-26(27)21-22-31(37)32-18-10-20-36-38(32)39-24-41-36/h1-24H. The van der Waals surface area contributed by atoms with E-state index in [1.54, 1.807) is 0 Å². The Kier molecular flexibility index (Phi) is 5.46. The molecular weight excluding hydrogens is 500 g/mol. The molecule has 0 saturated heterocycles. The molecule has 0 amide bonds. The first-order chi connectivity index (χ1) is 20.3. The van der Waals surface area contributed by atoms with Gasteiger partial charge in [0.15, 0.2) is 12.0 Å². The maximum Gasteiger partial charge on any atom is 0.182 e. The second-order valence-corrected chi connectivity index (χ2v) is 10.2. The molecule has 3 heteroatoms. The first-order valence-corrected chi connectivity index (χ1v) is 13.7. The van der Waals surface area contributed by atoms with Crippen molar-refractivity contribution < 1.29 is 4.42 Å². The van der Waals surface area contributed by atoms with Crippen LogP contribution in [-0.4, -0.2) is 9.97 Å². The van der Waals surface area contributed by atoms with Gasteiger partial charge in [-0.1, -0.05) is 121 Å². The van der Waals surface area contributed by atoms with E-state index in [1.165, 1.54) is 28.3 Å². The third kappa shape index (κ3) is 3.90. The fourth-order valence-corrected chi connectivity index (χ4v) is 5.98. The second-order valence-electron chi connectivity index (χ2n) is 10.2. The van der Waals surface area contributed by atoms with Crippen molar-refractivity contribution >= 4 is 32.8 Å². The summed E-state index contributed by atoms with van der Waals surface area (Å²) in [5, 5.41) is 3.51. The summed E-state index contributed by atoms with van der Waals surface area (Å²) in [6.07, 6.45) is 1.52. The van der Waals surface area contributed by atoms with Crippen molar-refractivity contribution in [2.24, 2.45) is 0 Å². The van der Waals surface area contributed by atoms with E-state index in [0.29, 0.717) is 0 Å². The van der Waals surface area contributed by atoms with Gasteiger partial charge < -0.3 is 4.42 Å². The number of hydrogen-bond donors (Lipinski definition) is 0. The number of aromatic nitrogens is 2. The van der Waals surface area contributed by atoms with Crippen molar-refractivity contribution in [1.82, 2.24) is 9.97 Å². The molecule has 192 valence electrons. The summed E-state index contributed by atoms with van der Waals surface area (Å²) < 4.78 is 5.68. The third-order valence-electron chi connectivity index (χ3n) is 7.85. The van der Waals surface area contributed by atoms with Gasteiger partial charge in [-0.3, -0.25) is 0 Å². The first kappa shape index (κ1) is 23.4. The van der Waals surface area contributed by atoms with E-state index in [1.807, 2.05) is 12.1 Å². The van der Waals surface area contributed by atoms with Gasteiger partial charge in [0, 0.05) is 16.5 Å². The van der Waals surface area contributed by atoms with Crippen LogP contribution in [0.2, 0.25) is 0 Å². The van der Waals surface area contributed by atoms with E-state index in [-0.39, 0.29) is 0 Å². The van der Waals surface area contributed by atoms with Crippen LogP contribution in [0.4, 0.5) is 0 Å². The van der Waals surface area contributed by atoms with Crippen LogP contribution in [0.1, 0.15) is 0 Å². The summed E-state index contributed by atoms with van der Waals surface area (Å²) in [5.41, 5.74) is 11.4. The summed E-state index contributed by atoms with van der Waals surface area (Å²) in [4.78, 5) is 9.81. The van der Waals surface area contributed by atoms with E-state index >= 15 is 0 Å². The van der Waals surface area contributed by atoms with Gasteiger partial charge in [-0.2, -0.15) is 0 Å². The Hall–Kier alpha value is -5.54. The molecule has 41 heavy (non-hydrogen) atoms. The Morgan fingerprint density at radius 3 is 2.12 bits per heavy atom. The van der Waals surface area contributed by atoms with Crippen molar-refractivity contribution in [3.05, 3.63) is 146 Å². The van der Waals surface area contributed by atoms with Gasteiger partial charge >= 0.3 is 0 Å². The predicted octanol–water partition coefficient (Wildman–Crippen LogP) is 10.2. The maximum absolute atomic E-state index is 5.68. The van der Waals surface area contributed by atoms with Crippen LogP contribution in [0.25, 0.3) is 77.4 Å². The van der Waals surface area contributed by atoms with E-state index in [9.17, 15) is 0 Å². The maximum atomic E-state index is 5.68. The molecule has 0 aliphatic heterocycles. The van der Waals surface area contributed by atoms with Crippen LogP contribution in [0.15, 0.2) is 150 Å². The minimum absolute atomic E-state index is 0.776. The fraction of sp³-hybridized carbons (Fsp3) is 0. The SMILES string of the molecule is c1ccc(-c2cc(-c3ccccc3-c3c(-c4cccc5ocnc45)ccc4ccccc34)nc3ccccc23)cc1. The molecule has 3 nitrogen and oxygen atoms in total. The number of rotatable bonds is 4. The van der Waals surface area contributed by atoms with Crippen molar-refractivity contribution in [3.63, 3.8) is 0 Å². The molecular formula is C38H24N2O. The number of pyridine rings is 1. The zero-order chi connectivity index (χ0) is 27.2. The average molecular weight is 525 g/mol. The van der Waals surface area contributed by atoms with E-state index < -0.39 is 0 Å². The molecule has 0 aliphatic carbocycles. The Morgan fingerprint density at radius 2 is 1.22 bits per heavy atom. The van der Waals surface area contributed by atoms with E-state index in [0.717, 1.165) is 55.5 Å². The monoisotopic (exact) mass is 524 g/mol. The molecule has 0 spiro atoms. The second kappa shape index (κ2) is 9.58. The van der Waals surface area contributed by atoms with Crippen LogP contribution in [0, 0.1) is 0 Å². The molecule has 0 radical (unpaired) electrons. The molecule has 0 N–H and O–H groups in total. The lowest BCUT2D eigenvalue weighted by Crippen LogP contribution is -1.94. The summed E-state index contributed by atoms with van der Waals surface area (Å²) in [6, 6.07) is 48.9. The average Bonchev–Trinajstić information content (AvgIpc) is 3.54. The van der Waals surface area contributed by atoms with Gasteiger partial charge in [-0.05, 0) is 56.8 Å². The van der Waals surface area contributed by atoms with Crippen molar-refractivity contribution in [2.75, 3.05) is 0 Å². The topological polar surface area (TPSA) is 38.9 Å². The zero-order valence-electron chi connectivity index (χ0n) is 22.2. The highest BCUT2D eigenvalue weighted by Crippen LogP contribution is 2.44. The van der Waals surface area contributed by atoms with Gasteiger partial charge in [-0.15, -0.1) is 0 Å². The Labute approximate surface area is 237 Å². The van der Waals surface area contributed by atoms with Crippen molar-refractivity contribution in [1.29, 1.82) is 0 Å². The van der Waals surface area contributed by atoms with Crippen LogP contribution < -0.4 is 0 Å². The number of benzene rings is 6. The molecule has 8 aromatic rings. The third-order valence-corrected chi connectivity index (χ3v) is 7.85. The highest BCUT2D eigenvalue weighted by atomic mass is 16.3. The van der Waals surface area contributed by atoms with Gasteiger partial charge in [-0.25, -0.2) is 9.97 Å². The van der Waals surface area contributed by atoms with Crippen LogP contribution in [-0.2, 0) is 0 Å². The van der Waals surface area contributed by atoms with Crippen molar-refractivity contribution in [2.45, 2.75) is 0 Å². The summed E-state index contributed by atoms with van der Waals surface area (Å²) in [7, 11) is 0. The number of nitrogens with zero attached hydrogens (tertiary/aromatic N) is 2. The first-order valence-electron chi connectivity index (χ1n) is 13.7. The van der Waals surface area contributed by atoms with Crippen molar-refractivity contribution in [3.8, 4) is 44.6 Å². The Balaban J connectivity index is 1.45. The van der Waals surface area contributed by atoms with Crippen LogP contribution in [0.5, 0.6) is 0 Å². The van der Waals surface area contributed by atoms with Crippen LogP contribution >= 0.6 is 0 Å². The zero-order valence-corrected chi connectivity index (χ0v) is 22.2. The minimum Gasteiger partial charge on any atom is -0.443 e. The molecule has 0 aliphatic rings. The highest BCUT2D eigenvalue weighted by molar-refractivity contribution is 6.10. The summed E-state index contributed by atoms with van der Waals surface area (Å²) in [5.74, 6) is 0. The summed E-state index contributed by atoms with van der Waals surface area (Å²) in [6.45, 7) is 0. The van der Waals surface area contributed by atoms with Gasteiger partial charge in [0.1, 0.15) is 5.52 Å². The number of oxazole rings is 1. The number of hydrogen-bond acceptors (Lipinski definition) is 3. The van der Waals surface area contributed by atoms with Gasteiger partial charge in [0.25, 0.3) is 0 Å². The van der Waals surface area contributed by atoms with Gasteiger partial charge in [0.2, 0.25) is 0 Å². The number of fused-ring (bicyclic) bond motifs is 3. The molecule has 0 saturated carbocycles. The number of para-hydroxylation sites is 2. The molecule has 0 atom stereocenters. The van der Waals surface area contributed by atoms with E-state index in [4.69, 9.17) is 9.40 Å². The molecule has 2 aromatic heterocycles. The largest absolute Gasteiger partial charge is 0.443 e.